The fourth-order valence-corrected chi connectivity index (χ4v) is 4.26. The molecule has 0 amide bonds. The third-order valence-electron chi connectivity index (χ3n) is 2.89. The Morgan fingerprint density at radius 3 is 2.00 bits per heavy atom. The lowest BCUT2D eigenvalue weighted by molar-refractivity contribution is 0.597. The minimum absolute atomic E-state index is 0.0138. The van der Waals surface area contributed by atoms with Gasteiger partial charge in [-0.2, -0.15) is 0 Å². The van der Waals surface area contributed by atoms with Crippen molar-refractivity contribution in [2.24, 2.45) is 0 Å². The summed E-state index contributed by atoms with van der Waals surface area (Å²) in [6, 6.07) is 6.98. The van der Waals surface area contributed by atoms with E-state index < -0.39 is 15.8 Å². The molecule has 2 rings (SSSR count). The van der Waals surface area contributed by atoms with Gasteiger partial charge in [0.25, 0.3) is 10.0 Å². The number of benzene rings is 2. The van der Waals surface area contributed by atoms with Crippen molar-refractivity contribution in [1.82, 2.24) is 0 Å². The molecule has 0 atom stereocenters. The monoisotopic (exact) mass is 347 g/mol. The smallest absolute Gasteiger partial charge is 0.262 e. The van der Waals surface area contributed by atoms with Crippen LogP contribution in [-0.4, -0.2) is 8.42 Å². The van der Waals surface area contributed by atoms with E-state index in [1.54, 1.807) is 6.07 Å². The average molecular weight is 348 g/mol. The molecule has 0 aromatic heterocycles. The zero-order valence-corrected chi connectivity index (χ0v) is 13.6. The molecule has 0 unspecified atom stereocenters. The van der Waals surface area contributed by atoms with E-state index in [-0.39, 0.29) is 20.6 Å². The van der Waals surface area contributed by atoms with Crippen LogP contribution in [0.4, 0.5) is 10.1 Å². The number of hydrogen-bond donors (Lipinski definition) is 1. The SMILES string of the molecule is Cc1cc(F)cc(C)c1S(=O)(=O)Nc1c(Cl)cccc1Cl. The first-order chi connectivity index (χ1) is 9.72. The van der Waals surface area contributed by atoms with Crippen LogP contribution >= 0.6 is 23.2 Å². The lowest BCUT2D eigenvalue weighted by Crippen LogP contribution is -2.16. The summed E-state index contributed by atoms with van der Waals surface area (Å²) in [5.41, 5.74) is 0.718. The Kier molecular flexibility index (Phi) is 4.46. The number of anilines is 1. The van der Waals surface area contributed by atoms with Gasteiger partial charge in [0.1, 0.15) is 5.82 Å². The molecule has 1 N–H and O–H groups in total. The zero-order chi connectivity index (χ0) is 15.8. The maximum Gasteiger partial charge on any atom is 0.262 e. The Morgan fingerprint density at radius 2 is 1.52 bits per heavy atom. The summed E-state index contributed by atoms with van der Waals surface area (Å²) in [5, 5.41) is 0.368. The average Bonchev–Trinajstić information content (AvgIpc) is 2.32. The van der Waals surface area contributed by atoms with Gasteiger partial charge in [0.2, 0.25) is 0 Å². The first kappa shape index (κ1) is 16.1. The fourth-order valence-electron chi connectivity index (χ4n) is 2.10. The number of nitrogens with one attached hydrogen (secondary N) is 1. The second-order valence-electron chi connectivity index (χ2n) is 4.57. The summed E-state index contributed by atoms with van der Waals surface area (Å²) in [5.74, 6) is -0.486. The molecule has 0 fully saturated rings. The molecule has 0 aliphatic carbocycles. The molecular formula is C14H12Cl2FNO2S. The highest BCUT2D eigenvalue weighted by Gasteiger charge is 2.22. The molecule has 112 valence electrons. The zero-order valence-electron chi connectivity index (χ0n) is 11.2. The van der Waals surface area contributed by atoms with Crippen molar-refractivity contribution in [3.8, 4) is 0 Å². The van der Waals surface area contributed by atoms with E-state index in [2.05, 4.69) is 4.72 Å². The summed E-state index contributed by atoms with van der Waals surface area (Å²) in [7, 11) is -3.92. The molecule has 7 heteroatoms. The van der Waals surface area contributed by atoms with Gasteiger partial charge in [0, 0.05) is 0 Å². The summed E-state index contributed by atoms with van der Waals surface area (Å²) >= 11 is 11.9. The van der Waals surface area contributed by atoms with Crippen LogP contribution in [0.25, 0.3) is 0 Å². The maximum absolute atomic E-state index is 13.3. The maximum atomic E-state index is 13.3. The van der Waals surface area contributed by atoms with Gasteiger partial charge in [-0.1, -0.05) is 29.3 Å². The number of hydrogen-bond acceptors (Lipinski definition) is 2. The Hall–Kier alpha value is -1.30. The van der Waals surface area contributed by atoms with Crippen molar-refractivity contribution < 1.29 is 12.8 Å². The highest BCUT2D eigenvalue weighted by Crippen LogP contribution is 2.33. The van der Waals surface area contributed by atoms with Crippen LogP contribution in [-0.2, 0) is 10.0 Å². The molecule has 0 spiro atoms. The van der Waals surface area contributed by atoms with Crippen molar-refractivity contribution in [2.45, 2.75) is 18.7 Å². The molecule has 21 heavy (non-hydrogen) atoms. The number of halogens is 3. The minimum Gasteiger partial charge on any atom is -0.277 e. The number of rotatable bonds is 3. The molecule has 0 heterocycles. The second kappa shape index (κ2) is 5.83. The first-order valence-corrected chi connectivity index (χ1v) is 8.20. The van der Waals surface area contributed by atoms with Crippen LogP contribution in [0, 0.1) is 19.7 Å². The van der Waals surface area contributed by atoms with E-state index in [1.807, 2.05) is 0 Å². The van der Waals surface area contributed by atoms with Crippen molar-refractivity contribution in [2.75, 3.05) is 4.72 Å². The van der Waals surface area contributed by atoms with E-state index in [0.717, 1.165) is 12.1 Å². The van der Waals surface area contributed by atoms with Gasteiger partial charge < -0.3 is 0 Å². The third kappa shape index (κ3) is 3.31. The molecular weight excluding hydrogens is 336 g/mol. The first-order valence-electron chi connectivity index (χ1n) is 5.96. The van der Waals surface area contributed by atoms with Crippen LogP contribution in [0.3, 0.4) is 0 Å². The lowest BCUT2D eigenvalue weighted by Gasteiger charge is -2.14. The van der Waals surface area contributed by atoms with Crippen LogP contribution in [0.5, 0.6) is 0 Å². The summed E-state index contributed by atoms with van der Waals surface area (Å²) in [4.78, 5) is 0.0138. The van der Waals surface area contributed by atoms with Gasteiger partial charge in [-0.05, 0) is 49.2 Å². The molecule has 2 aromatic carbocycles. The van der Waals surface area contributed by atoms with Gasteiger partial charge in [-0.15, -0.1) is 0 Å². The predicted octanol–water partition coefficient (Wildman–Crippen LogP) is 4.55. The Bertz CT molecular complexity index is 763. The molecule has 2 aromatic rings. The van der Waals surface area contributed by atoms with Crippen molar-refractivity contribution in [3.05, 3.63) is 57.3 Å². The topological polar surface area (TPSA) is 46.2 Å². The molecule has 0 aliphatic heterocycles. The van der Waals surface area contributed by atoms with Crippen LogP contribution in [0.15, 0.2) is 35.2 Å². The second-order valence-corrected chi connectivity index (χ2v) is 7.00. The third-order valence-corrected chi connectivity index (χ3v) is 5.18. The van der Waals surface area contributed by atoms with E-state index in [0.29, 0.717) is 11.1 Å². The van der Waals surface area contributed by atoms with Gasteiger partial charge in [-0.25, -0.2) is 12.8 Å². The number of sulfonamides is 1. The number of aryl methyl sites for hydroxylation is 2. The molecule has 0 aliphatic rings. The summed E-state index contributed by atoms with van der Waals surface area (Å²) < 4.78 is 40.7. The summed E-state index contributed by atoms with van der Waals surface area (Å²) in [6.45, 7) is 3.05. The predicted molar refractivity (Wildman–Crippen MR) is 83.1 cm³/mol. The molecule has 0 saturated carbocycles. The van der Waals surface area contributed by atoms with E-state index >= 15 is 0 Å². The van der Waals surface area contributed by atoms with E-state index in [4.69, 9.17) is 23.2 Å². The van der Waals surface area contributed by atoms with Crippen LogP contribution in [0.2, 0.25) is 10.0 Å². The van der Waals surface area contributed by atoms with Crippen LogP contribution < -0.4 is 4.72 Å². The van der Waals surface area contributed by atoms with E-state index in [1.165, 1.54) is 26.0 Å². The van der Waals surface area contributed by atoms with Gasteiger partial charge in [-0.3, -0.25) is 4.72 Å². The minimum atomic E-state index is -3.92. The molecule has 0 bridgehead atoms. The standard InChI is InChI=1S/C14H12Cl2FNO2S/c1-8-6-10(17)7-9(2)14(8)21(19,20)18-13-11(15)4-3-5-12(13)16/h3-7,18H,1-2H3. The fraction of sp³-hybridized carbons (Fsp3) is 0.143. The quantitative estimate of drug-likeness (QED) is 0.885. The van der Waals surface area contributed by atoms with Gasteiger partial charge in [0.15, 0.2) is 0 Å². The van der Waals surface area contributed by atoms with Gasteiger partial charge >= 0.3 is 0 Å². The Labute approximate surface area is 132 Å². The Balaban J connectivity index is 2.54. The highest BCUT2D eigenvalue weighted by atomic mass is 35.5. The molecule has 0 saturated heterocycles. The number of para-hydroxylation sites is 1. The van der Waals surface area contributed by atoms with Crippen LogP contribution in [0.1, 0.15) is 11.1 Å². The van der Waals surface area contributed by atoms with Gasteiger partial charge in [0.05, 0.1) is 20.6 Å². The molecule has 0 radical (unpaired) electrons. The Morgan fingerprint density at radius 1 is 1.05 bits per heavy atom. The lowest BCUT2D eigenvalue weighted by atomic mass is 10.1. The highest BCUT2D eigenvalue weighted by molar-refractivity contribution is 7.92. The normalized spacial score (nSPS) is 11.5. The largest absolute Gasteiger partial charge is 0.277 e. The van der Waals surface area contributed by atoms with Crippen molar-refractivity contribution >= 4 is 38.9 Å². The molecule has 3 nitrogen and oxygen atoms in total. The van der Waals surface area contributed by atoms with Crippen molar-refractivity contribution in [3.63, 3.8) is 0 Å². The van der Waals surface area contributed by atoms with E-state index in [9.17, 15) is 12.8 Å². The summed E-state index contributed by atoms with van der Waals surface area (Å²) in [6.07, 6.45) is 0. The van der Waals surface area contributed by atoms with Crippen molar-refractivity contribution in [1.29, 1.82) is 0 Å².